The average molecular weight is 222 g/mol. The summed E-state index contributed by atoms with van der Waals surface area (Å²) in [5, 5.41) is 0. The Bertz CT molecular complexity index is 305. The van der Waals surface area contributed by atoms with Crippen LogP contribution in [0.1, 0.15) is 32.5 Å². The molecule has 0 aliphatic carbocycles. The fraction of sp³-hybridized carbons (Fsp3) is 0.667. The Morgan fingerprint density at radius 2 is 2.12 bits per heavy atom. The highest BCUT2D eigenvalue weighted by Crippen LogP contribution is 2.21. The molecule has 1 heterocycles. The van der Waals surface area contributed by atoms with Gasteiger partial charge >= 0.3 is 0 Å². The number of rotatable bonds is 4. The van der Waals surface area contributed by atoms with Crippen molar-refractivity contribution in [2.75, 3.05) is 20.1 Å². The van der Waals surface area contributed by atoms with Crippen molar-refractivity contribution >= 4 is 0 Å². The molecule has 1 unspecified atom stereocenters. The van der Waals surface area contributed by atoms with E-state index in [2.05, 4.69) is 42.7 Å². The van der Waals surface area contributed by atoms with Gasteiger partial charge in [0, 0.05) is 19.3 Å². The van der Waals surface area contributed by atoms with Gasteiger partial charge < -0.3 is 5.73 Å². The monoisotopic (exact) mass is 222 g/mol. The molecule has 0 aliphatic rings. The molecule has 2 N–H and O–H groups in total. The van der Waals surface area contributed by atoms with Crippen LogP contribution in [0, 0.1) is 5.41 Å². The third-order valence-corrected chi connectivity index (χ3v) is 2.43. The van der Waals surface area contributed by atoms with E-state index in [1.165, 1.54) is 0 Å². The van der Waals surface area contributed by atoms with Crippen LogP contribution < -0.4 is 5.73 Å². The second kappa shape index (κ2) is 5.37. The molecule has 1 rings (SSSR count). The van der Waals surface area contributed by atoms with Gasteiger partial charge in [0.25, 0.3) is 0 Å². The molecule has 0 aromatic carbocycles. The number of likely N-dealkylation sites (N-methyl/N-ethyl adjacent to an activating group) is 1. The first-order chi connectivity index (χ1) is 7.44. The lowest BCUT2D eigenvalue weighted by atomic mass is 9.95. The summed E-state index contributed by atoms with van der Waals surface area (Å²) >= 11 is 0. The smallest absolute Gasteiger partial charge is 0.115 e. The van der Waals surface area contributed by atoms with Crippen molar-refractivity contribution < 1.29 is 0 Å². The van der Waals surface area contributed by atoms with E-state index < -0.39 is 0 Å². The zero-order chi connectivity index (χ0) is 12.2. The van der Waals surface area contributed by atoms with Gasteiger partial charge in [-0.15, -0.1) is 0 Å². The highest BCUT2D eigenvalue weighted by atomic mass is 15.2. The minimum absolute atomic E-state index is 0.169. The molecule has 0 bridgehead atoms. The highest BCUT2D eigenvalue weighted by molar-refractivity contribution is 5.05. The standard InChI is InChI=1S/C12H22N4/c1-12(2,3)8-16(4)11(7-13)10-5-6-14-9-15-10/h5-6,9,11H,7-8,13H2,1-4H3. The lowest BCUT2D eigenvalue weighted by Gasteiger charge is -2.32. The number of hydrogen-bond donors (Lipinski definition) is 1. The van der Waals surface area contributed by atoms with Crippen LogP contribution in [0.3, 0.4) is 0 Å². The molecular weight excluding hydrogens is 200 g/mol. The topological polar surface area (TPSA) is 55.0 Å². The minimum Gasteiger partial charge on any atom is -0.329 e. The molecule has 4 heteroatoms. The summed E-state index contributed by atoms with van der Waals surface area (Å²) in [4.78, 5) is 10.4. The Balaban J connectivity index is 2.75. The van der Waals surface area contributed by atoms with E-state index in [1.54, 1.807) is 12.5 Å². The minimum atomic E-state index is 0.169. The van der Waals surface area contributed by atoms with Gasteiger partial charge in [0.1, 0.15) is 6.33 Å². The van der Waals surface area contributed by atoms with Crippen molar-refractivity contribution in [3.8, 4) is 0 Å². The van der Waals surface area contributed by atoms with Gasteiger partial charge in [-0.3, -0.25) is 4.90 Å². The average Bonchev–Trinajstić information content (AvgIpc) is 2.17. The third-order valence-electron chi connectivity index (χ3n) is 2.43. The van der Waals surface area contributed by atoms with E-state index in [1.807, 2.05) is 6.07 Å². The first-order valence-corrected chi connectivity index (χ1v) is 5.60. The summed E-state index contributed by atoms with van der Waals surface area (Å²) in [6, 6.07) is 2.10. The summed E-state index contributed by atoms with van der Waals surface area (Å²) < 4.78 is 0. The maximum atomic E-state index is 5.82. The molecule has 0 spiro atoms. The van der Waals surface area contributed by atoms with E-state index in [9.17, 15) is 0 Å². The van der Waals surface area contributed by atoms with Crippen LogP contribution in [0.15, 0.2) is 18.6 Å². The van der Waals surface area contributed by atoms with Crippen molar-refractivity contribution in [3.63, 3.8) is 0 Å². The van der Waals surface area contributed by atoms with Crippen molar-refractivity contribution in [1.82, 2.24) is 14.9 Å². The van der Waals surface area contributed by atoms with Crippen LogP contribution in [-0.2, 0) is 0 Å². The Labute approximate surface area is 97.9 Å². The Kier molecular flexibility index (Phi) is 4.38. The first-order valence-electron chi connectivity index (χ1n) is 5.60. The molecule has 1 aromatic rings. The lowest BCUT2D eigenvalue weighted by molar-refractivity contribution is 0.173. The number of nitrogens with zero attached hydrogens (tertiary/aromatic N) is 3. The summed E-state index contributed by atoms with van der Waals surface area (Å²) in [5.41, 5.74) is 7.07. The zero-order valence-corrected chi connectivity index (χ0v) is 10.6. The normalized spacial score (nSPS) is 14.1. The van der Waals surface area contributed by atoms with Gasteiger partial charge in [0.2, 0.25) is 0 Å². The predicted molar refractivity (Wildman–Crippen MR) is 65.9 cm³/mol. The predicted octanol–water partition coefficient (Wildman–Crippen LogP) is 1.45. The van der Waals surface area contributed by atoms with Crippen molar-refractivity contribution in [3.05, 3.63) is 24.3 Å². The number of hydrogen-bond acceptors (Lipinski definition) is 4. The van der Waals surface area contributed by atoms with Crippen LogP contribution in [0.2, 0.25) is 0 Å². The van der Waals surface area contributed by atoms with Crippen LogP contribution >= 0.6 is 0 Å². The SMILES string of the molecule is CN(CC(C)(C)C)C(CN)c1ccncn1. The molecule has 0 radical (unpaired) electrons. The van der Waals surface area contributed by atoms with Crippen LogP contribution in [-0.4, -0.2) is 35.0 Å². The molecule has 90 valence electrons. The van der Waals surface area contributed by atoms with Crippen LogP contribution in [0.4, 0.5) is 0 Å². The number of aromatic nitrogens is 2. The van der Waals surface area contributed by atoms with Gasteiger partial charge in [-0.1, -0.05) is 20.8 Å². The van der Waals surface area contributed by atoms with Crippen molar-refractivity contribution in [2.24, 2.45) is 11.1 Å². The zero-order valence-electron chi connectivity index (χ0n) is 10.6. The Morgan fingerprint density at radius 1 is 1.44 bits per heavy atom. The van der Waals surface area contributed by atoms with Crippen molar-refractivity contribution in [2.45, 2.75) is 26.8 Å². The van der Waals surface area contributed by atoms with E-state index >= 15 is 0 Å². The van der Waals surface area contributed by atoms with E-state index in [0.29, 0.717) is 6.54 Å². The summed E-state index contributed by atoms with van der Waals surface area (Å²) in [7, 11) is 2.09. The summed E-state index contributed by atoms with van der Waals surface area (Å²) in [6.07, 6.45) is 3.33. The fourth-order valence-electron chi connectivity index (χ4n) is 1.88. The highest BCUT2D eigenvalue weighted by Gasteiger charge is 2.21. The Hall–Kier alpha value is -1.00. The van der Waals surface area contributed by atoms with Gasteiger partial charge in [-0.2, -0.15) is 0 Å². The third kappa shape index (κ3) is 3.87. The van der Waals surface area contributed by atoms with Crippen LogP contribution in [0.25, 0.3) is 0 Å². The Morgan fingerprint density at radius 3 is 2.56 bits per heavy atom. The van der Waals surface area contributed by atoms with Gasteiger partial charge in [0.05, 0.1) is 11.7 Å². The maximum Gasteiger partial charge on any atom is 0.115 e. The second-order valence-electron chi connectivity index (χ2n) is 5.36. The van der Waals surface area contributed by atoms with Gasteiger partial charge in [0.15, 0.2) is 0 Å². The van der Waals surface area contributed by atoms with Gasteiger partial charge in [-0.25, -0.2) is 9.97 Å². The van der Waals surface area contributed by atoms with E-state index in [-0.39, 0.29) is 11.5 Å². The summed E-state index contributed by atoms with van der Waals surface area (Å²) in [6.45, 7) is 8.22. The molecule has 0 fully saturated rings. The maximum absolute atomic E-state index is 5.82. The fourth-order valence-corrected chi connectivity index (χ4v) is 1.88. The van der Waals surface area contributed by atoms with Crippen LogP contribution in [0.5, 0.6) is 0 Å². The molecule has 1 aromatic heterocycles. The molecule has 1 atom stereocenters. The largest absolute Gasteiger partial charge is 0.329 e. The number of nitrogens with two attached hydrogens (primary N) is 1. The molecule has 16 heavy (non-hydrogen) atoms. The quantitative estimate of drug-likeness (QED) is 0.838. The first kappa shape index (κ1) is 13.1. The van der Waals surface area contributed by atoms with E-state index in [0.717, 1.165) is 12.2 Å². The lowest BCUT2D eigenvalue weighted by Crippen LogP contribution is -2.36. The molecular formula is C12H22N4. The van der Waals surface area contributed by atoms with Crippen molar-refractivity contribution in [1.29, 1.82) is 0 Å². The molecule has 0 saturated heterocycles. The summed E-state index contributed by atoms with van der Waals surface area (Å²) in [5.74, 6) is 0. The molecule has 4 nitrogen and oxygen atoms in total. The van der Waals surface area contributed by atoms with Gasteiger partial charge in [-0.05, 0) is 18.5 Å². The molecule has 0 saturated carbocycles. The molecule has 0 aliphatic heterocycles. The molecule has 0 amide bonds. The van der Waals surface area contributed by atoms with E-state index in [4.69, 9.17) is 5.73 Å². The second-order valence-corrected chi connectivity index (χ2v) is 5.36.